The fourth-order valence-corrected chi connectivity index (χ4v) is 4.06. The lowest BCUT2D eigenvalue weighted by molar-refractivity contribution is 0.430. The molecular weight excluding hydrogens is 165 g/mol. The van der Waals surface area contributed by atoms with Crippen molar-refractivity contribution in [2.75, 3.05) is 7.05 Å². The second-order valence-corrected chi connectivity index (χ2v) is 5.75. The molecule has 2 rings (SSSR count). The van der Waals surface area contributed by atoms with Crippen LogP contribution in [0.2, 0.25) is 0 Å². The highest BCUT2D eigenvalue weighted by Gasteiger charge is 2.72. The van der Waals surface area contributed by atoms with E-state index >= 15 is 0 Å². The van der Waals surface area contributed by atoms with Crippen LogP contribution < -0.4 is 0 Å². The molecule has 4 atom stereocenters. The molecule has 0 heterocycles. The van der Waals surface area contributed by atoms with Crippen molar-refractivity contribution >= 4 is 9.39 Å². The number of nitrogens with zero attached hydrogens (tertiary/aromatic N) is 1. The van der Waals surface area contributed by atoms with Gasteiger partial charge in [-0.2, -0.15) is 0 Å². The van der Waals surface area contributed by atoms with Gasteiger partial charge in [0.1, 0.15) is 0 Å². The zero-order valence-corrected chi connectivity index (χ0v) is 9.54. The summed E-state index contributed by atoms with van der Waals surface area (Å²) in [6.45, 7) is 7.04. The topological polar surface area (TPSA) is 3.24 Å². The lowest BCUT2D eigenvalue weighted by Gasteiger charge is -2.15. The second-order valence-electron chi connectivity index (χ2n) is 4.94. The first-order valence-corrected chi connectivity index (χ1v) is 5.09. The molecule has 0 saturated heterocycles. The van der Waals surface area contributed by atoms with Gasteiger partial charge in [0.05, 0.1) is 0 Å². The van der Waals surface area contributed by atoms with Gasteiger partial charge < -0.3 is 0 Å². The summed E-state index contributed by atoms with van der Waals surface area (Å²) in [6, 6.07) is 0.735. The molecule has 0 spiro atoms. The maximum atomic E-state index is 2.80. The van der Waals surface area contributed by atoms with E-state index in [2.05, 4.69) is 48.0 Å². The summed E-state index contributed by atoms with van der Waals surface area (Å²) in [7, 11) is 4.96. The van der Waals surface area contributed by atoms with E-state index in [1.54, 1.807) is 5.57 Å². The Morgan fingerprint density at radius 3 is 2.50 bits per heavy atom. The average Bonchev–Trinajstić information content (AvgIpc) is 2.15. The Balaban J connectivity index is 2.29. The third kappa shape index (κ3) is 0.769. The number of hydrogen-bond acceptors (Lipinski definition) is 1. The van der Waals surface area contributed by atoms with E-state index in [9.17, 15) is 0 Å². The highest BCUT2D eigenvalue weighted by molar-refractivity contribution is 7.13. The predicted octanol–water partition coefficient (Wildman–Crippen LogP) is 2.45. The van der Waals surface area contributed by atoms with Crippen molar-refractivity contribution in [3.05, 3.63) is 11.6 Å². The van der Waals surface area contributed by atoms with E-state index < -0.39 is 0 Å². The van der Waals surface area contributed by atoms with E-state index in [1.807, 2.05) is 0 Å². The molecule has 0 N–H and O–H groups in total. The Bertz CT molecular complexity index is 259. The van der Waals surface area contributed by atoms with Crippen molar-refractivity contribution < 1.29 is 0 Å². The maximum absolute atomic E-state index is 2.80. The predicted molar refractivity (Wildman–Crippen MR) is 55.8 cm³/mol. The van der Waals surface area contributed by atoms with Crippen LogP contribution in [0.15, 0.2) is 11.6 Å². The third-order valence-electron chi connectivity index (χ3n) is 3.92. The molecule has 0 aliphatic heterocycles. The molecule has 0 radical (unpaired) electrons. The number of hydrogen-bond donors (Lipinski definition) is 0. The van der Waals surface area contributed by atoms with E-state index in [0.717, 1.165) is 6.04 Å². The summed E-state index contributed by atoms with van der Waals surface area (Å²) >= 11 is 0. The Morgan fingerprint density at radius 2 is 2.17 bits per heavy atom. The molecule has 0 amide bonds. The van der Waals surface area contributed by atoms with Gasteiger partial charge in [-0.1, -0.05) is 34.9 Å². The minimum absolute atomic E-state index is 0.452. The Morgan fingerprint density at radius 1 is 1.58 bits per heavy atom. The minimum atomic E-state index is 0.452. The van der Waals surface area contributed by atoms with Crippen molar-refractivity contribution in [1.29, 1.82) is 0 Å². The SMILES string of the molecule is CC1=C[C@]2(C)[C@@H](N(C)P)[C@]2(C)C1. The largest absolute Gasteiger partial charge is 0.286 e. The number of rotatable bonds is 1. The van der Waals surface area contributed by atoms with Crippen molar-refractivity contribution in [3.63, 3.8) is 0 Å². The highest BCUT2D eigenvalue weighted by atomic mass is 31.0. The van der Waals surface area contributed by atoms with Gasteiger partial charge in [0.2, 0.25) is 0 Å². The van der Waals surface area contributed by atoms with E-state index in [4.69, 9.17) is 0 Å². The average molecular weight is 183 g/mol. The fraction of sp³-hybridized carbons (Fsp3) is 0.800. The molecule has 2 aliphatic rings. The normalized spacial score (nSPS) is 50.8. The van der Waals surface area contributed by atoms with Crippen LogP contribution >= 0.6 is 9.39 Å². The van der Waals surface area contributed by atoms with E-state index in [1.165, 1.54) is 6.42 Å². The van der Waals surface area contributed by atoms with Gasteiger partial charge in [-0.3, -0.25) is 4.67 Å². The monoisotopic (exact) mass is 183 g/mol. The second kappa shape index (κ2) is 2.13. The maximum Gasteiger partial charge on any atom is 0.0286 e. The first-order chi connectivity index (χ1) is 5.42. The third-order valence-corrected chi connectivity index (χ3v) is 4.22. The number of allylic oxidation sites excluding steroid dienone is 1. The Labute approximate surface area is 77.5 Å². The van der Waals surface area contributed by atoms with Crippen LogP contribution in [0.3, 0.4) is 0 Å². The van der Waals surface area contributed by atoms with Crippen LogP contribution in [0, 0.1) is 10.8 Å². The number of fused-ring (bicyclic) bond motifs is 1. The Hall–Kier alpha value is 0.130. The fourth-order valence-electron chi connectivity index (χ4n) is 3.42. The molecule has 12 heavy (non-hydrogen) atoms. The van der Waals surface area contributed by atoms with Gasteiger partial charge in [-0.05, 0) is 25.8 Å². The van der Waals surface area contributed by atoms with Crippen molar-refractivity contribution in [2.24, 2.45) is 10.8 Å². The highest BCUT2D eigenvalue weighted by Crippen LogP contribution is 2.73. The molecule has 1 unspecified atom stereocenters. The molecule has 1 saturated carbocycles. The summed E-state index contributed by atoms with van der Waals surface area (Å²) in [5, 5.41) is 0. The lowest BCUT2D eigenvalue weighted by atomic mass is 9.99. The molecule has 1 nitrogen and oxygen atoms in total. The molecule has 1 fully saturated rings. The van der Waals surface area contributed by atoms with Crippen LogP contribution in [0.4, 0.5) is 0 Å². The lowest BCUT2D eigenvalue weighted by Crippen LogP contribution is -2.16. The minimum Gasteiger partial charge on any atom is -0.286 e. The van der Waals surface area contributed by atoms with Gasteiger partial charge in [0, 0.05) is 11.5 Å². The molecule has 0 bridgehead atoms. The summed E-state index contributed by atoms with van der Waals surface area (Å²) in [5.74, 6) is 0. The molecular formula is C10H18NP. The quantitative estimate of drug-likeness (QED) is 0.446. The first-order valence-electron chi connectivity index (χ1n) is 4.58. The molecule has 2 aliphatic carbocycles. The Kier molecular flexibility index (Phi) is 1.55. The molecule has 0 aromatic heterocycles. The van der Waals surface area contributed by atoms with Crippen molar-refractivity contribution in [3.8, 4) is 0 Å². The van der Waals surface area contributed by atoms with Crippen molar-refractivity contribution in [1.82, 2.24) is 4.67 Å². The summed E-state index contributed by atoms with van der Waals surface area (Å²) in [6.07, 6.45) is 3.76. The van der Waals surface area contributed by atoms with Gasteiger partial charge in [-0.15, -0.1) is 0 Å². The van der Waals surface area contributed by atoms with Gasteiger partial charge in [0.15, 0.2) is 0 Å². The molecule has 0 aromatic carbocycles. The molecule has 2 heteroatoms. The van der Waals surface area contributed by atoms with Crippen LogP contribution in [-0.2, 0) is 0 Å². The summed E-state index contributed by atoms with van der Waals surface area (Å²) in [5.41, 5.74) is 2.55. The summed E-state index contributed by atoms with van der Waals surface area (Å²) in [4.78, 5) is 0. The van der Waals surface area contributed by atoms with Crippen LogP contribution in [0.5, 0.6) is 0 Å². The van der Waals surface area contributed by atoms with Crippen LogP contribution in [-0.4, -0.2) is 17.8 Å². The zero-order chi connectivity index (χ0) is 9.15. The van der Waals surface area contributed by atoms with E-state index in [-0.39, 0.29) is 0 Å². The summed E-state index contributed by atoms with van der Waals surface area (Å²) < 4.78 is 2.29. The smallest absolute Gasteiger partial charge is 0.0286 e. The molecule has 0 aromatic rings. The van der Waals surface area contributed by atoms with Gasteiger partial charge in [0.25, 0.3) is 0 Å². The van der Waals surface area contributed by atoms with Crippen LogP contribution in [0.25, 0.3) is 0 Å². The van der Waals surface area contributed by atoms with Gasteiger partial charge in [-0.25, -0.2) is 0 Å². The first kappa shape index (κ1) is 8.72. The standard InChI is InChI=1S/C10H18NP/c1-7-5-9(2)8(11(4)12)10(9,3)6-7/h5,8H,6,12H2,1-4H3/t8-,9-,10+/m1/s1. The van der Waals surface area contributed by atoms with Gasteiger partial charge >= 0.3 is 0 Å². The van der Waals surface area contributed by atoms with Crippen LogP contribution in [0.1, 0.15) is 27.2 Å². The zero-order valence-electron chi connectivity index (χ0n) is 8.39. The van der Waals surface area contributed by atoms with E-state index in [0.29, 0.717) is 10.8 Å². The molecule has 68 valence electrons. The van der Waals surface area contributed by atoms with Crippen molar-refractivity contribution in [2.45, 2.75) is 33.2 Å².